The molecule has 6 heteroatoms. The Hall–Kier alpha value is -2.29. The lowest BCUT2D eigenvalue weighted by Crippen LogP contribution is -2.03. The molecule has 0 radical (unpaired) electrons. The Balaban J connectivity index is 2.25. The molecular formula is C11H10FN5. The number of benzene rings is 1. The van der Waals surface area contributed by atoms with Gasteiger partial charge in [0.1, 0.15) is 5.82 Å². The van der Waals surface area contributed by atoms with Gasteiger partial charge >= 0.3 is 0 Å². The molecule has 0 fully saturated rings. The van der Waals surface area contributed by atoms with Crippen LogP contribution in [0.25, 0.3) is 11.4 Å². The number of hydrogen-bond donors (Lipinski definition) is 0. The second-order valence-corrected chi connectivity index (χ2v) is 3.47. The Bertz CT molecular complexity index is 543. The summed E-state index contributed by atoms with van der Waals surface area (Å²) in [6.07, 6.45) is 1.07. The Morgan fingerprint density at radius 2 is 2.18 bits per heavy atom. The molecule has 1 aromatic heterocycles. The number of halogens is 1. The molecule has 2 aromatic rings. The molecule has 5 nitrogen and oxygen atoms in total. The van der Waals surface area contributed by atoms with Crippen LogP contribution < -0.4 is 0 Å². The number of unbranched alkanes of at least 4 members (excludes halogenated alkanes) is 1. The maximum atomic E-state index is 13.6. The van der Waals surface area contributed by atoms with Crippen LogP contribution in [0.4, 0.5) is 4.39 Å². The highest BCUT2D eigenvalue weighted by Gasteiger charge is 2.12. The topological polar surface area (TPSA) is 67.4 Å². The molecule has 0 bridgehead atoms. The van der Waals surface area contributed by atoms with Crippen molar-refractivity contribution in [2.75, 3.05) is 0 Å². The Kier molecular flexibility index (Phi) is 3.40. The molecule has 2 rings (SSSR count). The summed E-state index contributed by atoms with van der Waals surface area (Å²) in [6, 6.07) is 8.38. The van der Waals surface area contributed by atoms with Crippen LogP contribution in [0.1, 0.15) is 12.8 Å². The summed E-state index contributed by atoms with van der Waals surface area (Å²) in [5.74, 6) is 0.0323. The van der Waals surface area contributed by atoms with Gasteiger partial charge in [-0.25, -0.2) is 9.07 Å². The van der Waals surface area contributed by atoms with E-state index in [9.17, 15) is 4.39 Å². The van der Waals surface area contributed by atoms with E-state index in [-0.39, 0.29) is 5.82 Å². The molecule has 0 N–H and O–H groups in total. The van der Waals surface area contributed by atoms with Gasteiger partial charge in [0.2, 0.25) is 0 Å². The van der Waals surface area contributed by atoms with E-state index in [4.69, 9.17) is 5.26 Å². The molecule has 1 heterocycles. The lowest BCUT2D eigenvalue weighted by Gasteiger charge is -2.03. The smallest absolute Gasteiger partial charge is 0.184 e. The van der Waals surface area contributed by atoms with Gasteiger partial charge in [-0.05, 0) is 29.0 Å². The maximum absolute atomic E-state index is 13.6. The molecule has 86 valence electrons. The molecule has 1 aromatic carbocycles. The third kappa shape index (κ3) is 2.45. The predicted octanol–water partition coefficient (Wildman–Crippen LogP) is 1.78. The number of tetrazole rings is 1. The van der Waals surface area contributed by atoms with Crippen molar-refractivity contribution in [1.29, 1.82) is 5.26 Å². The van der Waals surface area contributed by atoms with Gasteiger partial charge in [0.05, 0.1) is 11.6 Å². The largest absolute Gasteiger partial charge is 0.225 e. The first-order valence-electron chi connectivity index (χ1n) is 5.21. The van der Waals surface area contributed by atoms with Gasteiger partial charge in [-0.2, -0.15) is 5.26 Å². The second-order valence-electron chi connectivity index (χ2n) is 3.47. The SMILES string of the molecule is N#CCCCn1nnnc1-c1ccccc1F. The third-order valence-corrected chi connectivity index (χ3v) is 2.31. The van der Waals surface area contributed by atoms with E-state index in [0.29, 0.717) is 30.8 Å². The van der Waals surface area contributed by atoms with Gasteiger partial charge < -0.3 is 0 Å². The number of aromatic nitrogens is 4. The molecule has 0 spiro atoms. The summed E-state index contributed by atoms with van der Waals surface area (Å²) in [5, 5.41) is 19.6. The van der Waals surface area contributed by atoms with Crippen LogP contribution in [-0.4, -0.2) is 20.2 Å². The minimum Gasteiger partial charge on any atom is -0.225 e. The first-order valence-corrected chi connectivity index (χ1v) is 5.21. The number of nitrogens with zero attached hydrogens (tertiary/aromatic N) is 5. The van der Waals surface area contributed by atoms with E-state index in [1.54, 1.807) is 18.2 Å². The highest BCUT2D eigenvalue weighted by molar-refractivity contribution is 5.55. The van der Waals surface area contributed by atoms with Crippen LogP contribution in [0.3, 0.4) is 0 Å². The highest BCUT2D eigenvalue weighted by atomic mass is 19.1. The minimum atomic E-state index is -0.358. The molecule has 0 atom stereocenters. The average molecular weight is 231 g/mol. The molecular weight excluding hydrogens is 221 g/mol. The molecule has 0 aliphatic heterocycles. The first kappa shape index (κ1) is 11.2. The number of nitriles is 1. The van der Waals surface area contributed by atoms with Crippen molar-refractivity contribution in [3.8, 4) is 17.5 Å². The fourth-order valence-corrected chi connectivity index (χ4v) is 1.50. The maximum Gasteiger partial charge on any atom is 0.184 e. The van der Waals surface area contributed by atoms with Gasteiger partial charge in [0, 0.05) is 13.0 Å². The third-order valence-electron chi connectivity index (χ3n) is 2.31. The van der Waals surface area contributed by atoms with E-state index in [1.165, 1.54) is 10.7 Å². The van der Waals surface area contributed by atoms with Crippen molar-refractivity contribution >= 4 is 0 Å². The highest BCUT2D eigenvalue weighted by Crippen LogP contribution is 2.19. The molecule has 0 aliphatic carbocycles. The first-order chi connectivity index (χ1) is 8.33. The normalized spacial score (nSPS) is 10.1. The van der Waals surface area contributed by atoms with Gasteiger partial charge in [0.25, 0.3) is 0 Å². The van der Waals surface area contributed by atoms with E-state index >= 15 is 0 Å². The van der Waals surface area contributed by atoms with Crippen molar-refractivity contribution in [3.63, 3.8) is 0 Å². The van der Waals surface area contributed by atoms with Crippen molar-refractivity contribution in [2.24, 2.45) is 0 Å². The zero-order chi connectivity index (χ0) is 12.1. The van der Waals surface area contributed by atoms with Crippen LogP contribution in [0, 0.1) is 17.1 Å². The lowest BCUT2D eigenvalue weighted by atomic mass is 10.2. The number of rotatable bonds is 4. The molecule has 0 saturated heterocycles. The molecule has 0 amide bonds. The van der Waals surface area contributed by atoms with Crippen LogP contribution in [0.15, 0.2) is 24.3 Å². The van der Waals surface area contributed by atoms with Gasteiger partial charge in [-0.1, -0.05) is 12.1 Å². The van der Waals surface area contributed by atoms with Gasteiger partial charge in [0.15, 0.2) is 5.82 Å². The Labute approximate surface area is 97.5 Å². The summed E-state index contributed by atoms with van der Waals surface area (Å²) in [5.41, 5.74) is 0.370. The monoisotopic (exact) mass is 231 g/mol. The fourth-order valence-electron chi connectivity index (χ4n) is 1.50. The Morgan fingerprint density at radius 1 is 1.35 bits per heavy atom. The van der Waals surface area contributed by atoms with Crippen molar-refractivity contribution in [3.05, 3.63) is 30.1 Å². The summed E-state index contributed by atoms with van der Waals surface area (Å²) < 4.78 is 15.1. The standard InChI is InChI=1S/C11H10FN5/c12-10-6-2-1-5-9(10)11-14-15-16-17(11)8-4-3-7-13/h1-2,5-6H,3-4,8H2. The predicted molar refractivity (Wildman–Crippen MR) is 58.1 cm³/mol. The lowest BCUT2D eigenvalue weighted by molar-refractivity contribution is 0.565. The van der Waals surface area contributed by atoms with Gasteiger partial charge in [-0.3, -0.25) is 0 Å². The van der Waals surface area contributed by atoms with Crippen LogP contribution in [-0.2, 0) is 6.54 Å². The second kappa shape index (κ2) is 5.16. The van der Waals surface area contributed by atoms with Crippen molar-refractivity contribution in [2.45, 2.75) is 19.4 Å². The summed E-state index contributed by atoms with van der Waals surface area (Å²) >= 11 is 0. The van der Waals surface area contributed by atoms with Crippen molar-refractivity contribution < 1.29 is 4.39 Å². The number of aryl methyl sites for hydroxylation is 1. The summed E-state index contributed by atoms with van der Waals surface area (Å²) in [4.78, 5) is 0. The van der Waals surface area contributed by atoms with Gasteiger partial charge in [-0.15, -0.1) is 5.10 Å². The van der Waals surface area contributed by atoms with Crippen molar-refractivity contribution in [1.82, 2.24) is 20.2 Å². The molecule has 17 heavy (non-hydrogen) atoms. The van der Waals surface area contributed by atoms with E-state index in [0.717, 1.165) is 0 Å². The van der Waals surface area contributed by atoms with Crippen LogP contribution >= 0.6 is 0 Å². The zero-order valence-corrected chi connectivity index (χ0v) is 9.04. The van der Waals surface area contributed by atoms with E-state index < -0.39 is 0 Å². The van der Waals surface area contributed by atoms with Crippen LogP contribution in [0.2, 0.25) is 0 Å². The average Bonchev–Trinajstić information content (AvgIpc) is 2.78. The van der Waals surface area contributed by atoms with Crippen LogP contribution in [0.5, 0.6) is 0 Å². The molecule has 0 unspecified atom stereocenters. The molecule has 0 aliphatic rings. The van der Waals surface area contributed by atoms with E-state index in [2.05, 4.69) is 15.5 Å². The quantitative estimate of drug-likeness (QED) is 0.752. The zero-order valence-electron chi connectivity index (χ0n) is 9.04. The summed E-state index contributed by atoms with van der Waals surface area (Å²) in [6.45, 7) is 0.504. The number of hydrogen-bond acceptors (Lipinski definition) is 4. The fraction of sp³-hybridized carbons (Fsp3) is 0.273. The van der Waals surface area contributed by atoms with E-state index in [1.807, 2.05) is 6.07 Å². The summed E-state index contributed by atoms with van der Waals surface area (Å²) in [7, 11) is 0. The Morgan fingerprint density at radius 3 is 2.94 bits per heavy atom. The minimum absolute atomic E-state index is 0.358. The molecule has 0 saturated carbocycles.